The average molecular weight is 279 g/mol. The van der Waals surface area contributed by atoms with E-state index in [-0.39, 0.29) is 0 Å². The van der Waals surface area contributed by atoms with Gasteiger partial charge in [0, 0.05) is 18.8 Å². The number of benzene rings is 1. The minimum absolute atomic E-state index is 0.724. The van der Waals surface area contributed by atoms with Gasteiger partial charge in [0.25, 0.3) is 0 Å². The highest BCUT2D eigenvalue weighted by Crippen LogP contribution is 2.22. The summed E-state index contributed by atoms with van der Waals surface area (Å²) >= 11 is 0. The van der Waals surface area contributed by atoms with E-state index in [0.29, 0.717) is 0 Å². The molecule has 0 atom stereocenters. The van der Waals surface area contributed by atoms with Crippen LogP contribution in [-0.2, 0) is 0 Å². The molecule has 1 aliphatic rings. The Morgan fingerprint density at radius 2 is 1.76 bits per heavy atom. The number of aromatic nitrogens is 3. The van der Waals surface area contributed by atoms with Crippen molar-refractivity contribution in [3.8, 4) is 0 Å². The predicted octanol–water partition coefficient (Wildman–Crippen LogP) is 3.30. The first-order valence-electron chi connectivity index (χ1n) is 7.32. The van der Waals surface area contributed by atoms with Crippen LogP contribution in [-0.4, -0.2) is 28.0 Å². The van der Waals surface area contributed by atoms with Crippen molar-refractivity contribution >= 4 is 28.6 Å². The summed E-state index contributed by atoms with van der Waals surface area (Å²) in [6, 6.07) is 14.1. The van der Waals surface area contributed by atoms with Gasteiger partial charge in [-0.1, -0.05) is 18.2 Å². The number of hydrogen-bond acceptors (Lipinski definition) is 4. The maximum Gasteiger partial charge on any atom is 0.207 e. The molecule has 21 heavy (non-hydrogen) atoms. The average Bonchev–Trinajstić information content (AvgIpc) is 3.16. The van der Waals surface area contributed by atoms with Gasteiger partial charge in [-0.05, 0) is 37.1 Å². The topological polar surface area (TPSA) is 56.8 Å². The molecule has 0 bridgehead atoms. The number of pyridine rings is 1. The van der Waals surface area contributed by atoms with Crippen LogP contribution in [0.2, 0.25) is 0 Å². The van der Waals surface area contributed by atoms with Crippen molar-refractivity contribution in [3.63, 3.8) is 0 Å². The van der Waals surface area contributed by atoms with Crippen molar-refractivity contribution in [1.29, 1.82) is 0 Å². The Hall–Kier alpha value is -2.56. The third-order valence-electron chi connectivity index (χ3n) is 3.80. The summed E-state index contributed by atoms with van der Waals surface area (Å²) in [6.45, 7) is 2.19. The van der Waals surface area contributed by atoms with Crippen molar-refractivity contribution in [2.45, 2.75) is 12.8 Å². The highest BCUT2D eigenvalue weighted by atomic mass is 15.2. The number of H-pyrrole nitrogens is 1. The summed E-state index contributed by atoms with van der Waals surface area (Å²) in [5, 5.41) is 3.26. The van der Waals surface area contributed by atoms with Crippen LogP contribution in [0.25, 0.3) is 11.2 Å². The van der Waals surface area contributed by atoms with Crippen LogP contribution < -0.4 is 10.2 Å². The van der Waals surface area contributed by atoms with Gasteiger partial charge in [-0.3, -0.25) is 0 Å². The molecule has 0 aliphatic carbocycles. The van der Waals surface area contributed by atoms with Crippen LogP contribution in [0.4, 0.5) is 17.5 Å². The minimum atomic E-state index is 0.724. The van der Waals surface area contributed by atoms with E-state index in [2.05, 4.69) is 37.3 Å². The molecule has 4 rings (SSSR count). The van der Waals surface area contributed by atoms with E-state index < -0.39 is 0 Å². The molecule has 0 unspecified atom stereocenters. The van der Waals surface area contributed by atoms with Crippen LogP contribution in [0.1, 0.15) is 12.8 Å². The van der Waals surface area contributed by atoms with Crippen molar-refractivity contribution < 1.29 is 0 Å². The molecule has 0 amide bonds. The summed E-state index contributed by atoms with van der Waals surface area (Å²) in [4.78, 5) is 14.8. The second-order valence-corrected chi connectivity index (χ2v) is 5.31. The first kappa shape index (κ1) is 12.2. The van der Waals surface area contributed by atoms with Gasteiger partial charge < -0.3 is 15.2 Å². The van der Waals surface area contributed by atoms with Crippen LogP contribution in [0.5, 0.6) is 0 Å². The molecule has 5 heteroatoms. The fourth-order valence-corrected chi connectivity index (χ4v) is 2.72. The molecule has 106 valence electrons. The second kappa shape index (κ2) is 5.09. The van der Waals surface area contributed by atoms with Gasteiger partial charge in [0.1, 0.15) is 5.82 Å². The van der Waals surface area contributed by atoms with Gasteiger partial charge in [-0.15, -0.1) is 0 Å². The van der Waals surface area contributed by atoms with Gasteiger partial charge in [0.2, 0.25) is 5.95 Å². The molecule has 2 N–H and O–H groups in total. The molecule has 1 aromatic carbocycles. The molecule has 1 fully saturated rings. The van der Waals surface area contributed by atoms with E-state index in [9.17, 15) is 0 Å². The van der Waals surface area contributed by atoms with E-state index in [1.165, 1.54) is 12.8 Å². The number of para-hydroxylation sites is 1. The van der Waals surface area contributed by atoms with Gasteiger partial charge in [-0.2, -0.15) is 4.98 Å². The molecule has 2 aromatic heterocycles. The Morgan fingerprint density at radius 3 is 2.57 bits per heavy atom. The molecule has 0 spiro atoms. The van der Waals surface area contributed by atoms with Crippen LogP contribution in [0.3, 0.4) is 0 Å². The van der Waals surface area contributed by atoms with Crippen molar-refractivity contribution in [3.05, 3.63) is 42.5 Å². The normalized spacial score (nSPS) is 14.8. The summed E-state index contributed by atoms with van der Waals surface area (Å²) < 4.78 is 0. The zero-order valence-corrected chi connectivity index (χ0v) is 11.7. The molecular formula is C16H17N5. The highest BCUT2D eigenvalue weighted by molar-refractivity contribution is 5.76. The first-order chi connectivity index (χ1) is 10.4. The van der Waals surface area contributed by atoms with E-state index in [0.717, 1.165) is 41.7 Å². The zero-order chi connectivity index (χ0) is 14.1. The smallest absolute Gasteiger partial charge is 0.207 e. The number of nitrogens with one attached hydrogen (secondary N) is 2. The number of anilines is 3. The number of aromatic amines is 1. The third kappa shape index (κ3) is 2.42. The Kier molecular flexibility index (Phi) is 2.96. The summed E-state index contributed by atoms with van der Waals surface area (Å²) in [5.41, 5.74) is 2.73. The molecule has 1 saturated heterocycles. The standard InChI is InChI=1S/C16H17N5/c1-2-6-12(7-3-1)17-16-18-13-8-9-14(19-15(13)20-16)21-10-4-5-11-21/h1-3,6-9H,4-5,10-11H2,(H2,17,18,19,20). The molecular weight excluding hydrogens is 262 g/mol. The lowest BCUT2D eigenvalue weighted by Crippen LogP contribution is -2.18. The zero-order valence-electron chi connectivity index (χ0n) is 11.7. The third-order valence-corrected chi connectivity index (χ3v) is 3.80. The van der Waals surface area contributed by atoms with Gasteiger partial charge in [0.05, 0.1) is 5.52 Å². The summed E-state index contributed by atoms with van der Waals surface area (Å²) in [5.74, 6) is 1.75. The van der Waals surface area contributed by atoms with Crippen LogP contribution in [0, 0.1) is 0 Å². The molecule has 0 saturated carbocycles. The Bertz CT molecular complexity index is 744. The quantitative estimate of drug-likeness (QED) is 0.772. The SMILES string of the molecule is c1ccc(Nc2nc3nc(N4CCCC4)ccc3[nH]2)cc1. The summed E-state index contributed by atoms with van der Waals surface area (Å²) in [6.07, 6.45) is 2.50. The number of hydrogen-bond donors (Lipinski definition) is 2. The van der Waals surface area contributed by atoms with Crippen LogP contribution in [0.15, 0.2) is 42.5 Å². The lowest BCUT2D eigenvalue weighted by molar-refractivity contribution is 0.942. The highest BCUT2D eigenvalue weighted by Gasteiger charge is 2.14. The largest absolute Gasteiger partial charge is 0.357 e. The maximum atomic E-state index is 4.66. The predicted molar refractivity (Wildman–Crippen MR) is 85.1 cm³/mol. The minimum Gasteiger partial charge on any atom is -0.357 e. The lowest BCUT2D eigenvalue weighted by atomic mass is 10.3. The van der Waals surface area contributed by atoms with Crippen molar-refractivity contribution in [1.82, 2.24) is 15.0 Å². The fraction of sp³-hybridized carbons (Fsp3) is 0.250. The number of nitrogens with zero attached hydrogens (tertiary/aromatic N) is 3. The first-order valence-corrected chi connectivity index (χ1v) is 7.32. The number of fused-ring (bicyclic) bond motifs is 1. The van der Waals surface area contributed by atoms with Crippen molar-refractivity contribution in [2.75, 3.05) is 23.3 Å². The second-order valence-electron chi connectivity index (χ2n) is 5.31. The summed E-state index contributed by atoms with van der Waals surface area (Å²) in [7, 11) is 0. The Morgan fingerprint density at radius 1 is 0.952 bits per heavy atom. The van der Waals surface area contributed by atoms with E-state index in [1.54, 1.807) is 0 Å². The Balaban J connectivity index is 1.63. The van der Waals surface area contributed by atoms with E-state index >= 15 is 0 Å². The number of imidazole rings is 1. The van der Waals surface area contributed by atoms with Gasteiger partial charge >= 0.3 is 0 Å². The molecule has 3 aromatic rings. The van der Waals surface area contributed by atoms with E-state index in [4.69, 9.17) is 0 Å². The fourth-order valence-electron chi connectivity index (χ4n) is 2.72. The van der Waals surface area contributed by atoms with E-state index in [1.807, 2.05) is 30.3 Å². The van der Waals surface area contributed by atoms with Crippen molar-refractivity contribution in [2.24, 2.45) is 0 Å². The van der Waals surface area contributed by atoms with Crippen LogP contribution >= 0.6 is 0 Å². The number of rotatable bonds is 3. The van der Waals surface area contributed by atoms with Gasteiger partial charge in [0.15, 0.2) is 5.65 Å². The molecule has 5 nitrogen and oxygen atoms in total. The maximum absolute atomic E-state index is 4.66. The molecule has 1 aliphatic heterocycles. The monoisotopic (exact) mass is 279 g/mol. The van der Waals surface area contributed by atoms with Gasteiger partial charge in [-0.25, -0.2) is 4.98 Å². The lowest BCUT2D eigenvalue weighted by Gasteiger charge is -2.15. The molecule has 0 radical (unpaired) electrons. The Labute approximate surface area is 123 Å². The molecule has 3 heterocycles.